The molecule has 0 saturated carbocycles. The van der Waals surface area contributed by atoms with Crippen LogP contribution in [0.2, 0.25) is 0 Å². The summed E-state index contributed by atoms with van der Waals surface area (Å²) in [5, 5.41) is 8.93. The summed E-state index contributed by atoms with van der Waals surface area (Å²) in [7, 11) is 0. The average Bonchev–Trinajstić information content (AvgIpc) is 2.03. The van der Waals surface area contributed by atoms with Gasteiger partial charge in [-0.25, -0.2) is 0 Å². The van der Waals surface area contributed by atoms with E-state index >= 15 is 0 Å². The first kappa shape index (κ1) is 9.68. The summed E-state index contributed by atoms with van der Waals surface area (Å²) in [4.78, 5) is 12.9. The van der Waals surface area contributed by atoms with Crippen LogP contribution in [0, 0.1) is 5.92 Å². The number of aliphatic hydroxyl groups is 1. The van der Waals surface area contributed by atoms with Gasteiger partial charge in [-0.15, -0.1) is 0 Å². The van der Waals surface area contributed by atoms with Crippen LogP contribution in [0.15, 0.2) is 0 Å². The van der Waals surface area contributed by atoms with E-state index in [9.17, 15) is 4.79 Å². The van der Waals surface area contributed by atoms with Crippen molar-refractivity contribution in [2.45, 2.75) is 19.8 Å². The Morgan fingerprint density at radius 1 is 1.67 bits per heavy atom. The van der Waals surface area contributed by atoms with Gasteiger partial charge in [-0.05, 0) is 32.2 Å². The van der Waals surface area contributed by atoms with Gasteiger partial charge in [0.15, 0.2) is 0 Å². The number of carbonyl (C=O) groups is 1. The first-order valence-electron chi connectivity index (χ1n) is 4.55. The minimum atomic E-state index is 0.216. The Labute approximate surface area is 73.4 Å². The maximum Gasteiger partial charge on any atom is 0.143 e. The first-order chi connectivity index (χ1) is 5.72. The van der Waals surface area contributed by atoms with Gasteiger partial charge in [-0.3, -0.25) is 9.69 Å². The molecule has 0 unspecified atom stereocenters. The molecule has 0 bridgehead atoms. The minimum absolute atomic E-state index is 0.216. The third-order valence-electron chi connectivity index (χ3n) is 2.31. The largest absolute Gasteiger partial charge is 0.396 e. The van der Waals surface area contributed by atoms with Crippen LogP contribution in [-0.4, -0.2) is 42.0 Å². The Morgan fingerprint density at radius 2 is 2.42 bits per heavy atom. The lowest BCUT2D eigenvalue weighted by Crippen LogP contribution is -2.39. The van der Waals surface area contributed by atoms with Crippen molar-refractivity contribution in [1.29, 1.82) is 0 Å². The molecule has 0 aliphatic carbocycles. The molecule has 1 heterocycles. The van der Waals surface area contributed by atoms with Gasteiger partial charge in [0, 0.05) is 13.2 Å². The molecule has 0 aromatic rings. The first-order valence-corrected chi connectivity index (χ1v) is 4.55. The van der Waals surface area contributed by atoms with Crippen LogP contribution < -0.4 is 0 Å². The van der Waals surface area contributed by atoms with Crippen LogP contribution in [0.4, 0.5) is 0 Å². The molecule has 0 amide bonds. The van der Waals surface area contributed by atoms with Crippen LogP contribution in [0.1, 0.15) is 19.8 Å². The molecule has 0 radical (unpaired) electrons. The summed E-state index contributed by atoms with van der Waals surface area (Å²) in [5.41, 5.74) is 0. The van der Waals surface area contributed by atoms with E-state index in [1.165, 1.54) is 0 Å². The SMILES string of the molecule is CC(=O)CN1CCC[C@@H](CO)C1. The van der Waals surface area contributed by atoms with Crippen molar-refractivity contribution in [3.05, 3.63) is 0 Å². The van der Waals surface area contributed by atoms with E-state index in [1.807, 2.05) is 0 Å². The third-order valence-corrected chi connectivity index (χ3v) is 2.31. The van der Waals surface area contributed by atoms with E-state index in [0.29, 0.717) is 12.5 Å². The second kappa shape index (κ2) is 4.58. The topological polar surface area (TPSA) is 40.5 Å². The van der Waals surface area contributed by atoms with Gasteiger partial charge < -0.3 is 5.11 Å². The molecule has 1 N–H and O–H groups in total. The zero-order chi connectivity index (χ0) is 8.97. The zero-order valence-corrected chi connectivity index (χ0v) is 7.62. The number of nitrogens with zero attached hydrogens (tertiary/aromatic N) is 1. The molecule has 1 fully saturated rings. The van der Waals surface area contributed by atoms with E-state index in [-0.39, 0.29) is 12.4 Å². The quantitative estimate of drug-likeness (QED) is 0.663. The fourth-order valence-corrected chi connectivity index (χ4v) is 1.76. The lowest BCUT2D eigenvalue weighted by Gasteiger charge is -2.30. The van der Waals surface area contributed by atoms with Gasteiger partial charge in [0.25, 0.3) is 0 Å². The normalized spacial score (nSPS) is 25.7. The lowest BCUT2D eigenvalue weighted by molar-refractivity contribution is -0.118. The number of Topliss-reactive ketones (excluding diaryl/α,β-unsaturated/α-hetero) is 1. The smallest absolute Gasteiger partial charge is 0.143 e. The lowest BCUT2D eigenvalue weighted by atomic mass is 9.99. The second-order valence-corrected chi connectivity index (χ2v) is 3.63. The average molecular weight is 171 g/mol. The van der Waals surface area contributed by atoms with Gasteiger partial charge in [-0.2, -0.15) is 0 Å². The molecular formula is C9H17NO2. The number of likely N-dealkylation sites (tertiary alicyclic amines) is 1. The standard InChI is InChI=1S/C9H17NO2/c1-8(12)5-10-4-2-3-9(6-10)7-11/h9,11H,2-7H2,1H3/t9-/m1/s1. The van der Waals surface area contributed by atoms with E-state index in [2.05, 4.69) is 4.90 Å². The molecule has 0 aromatic carbocycles. The number of hydrogen-bond donors (Lipinski definition) is 1. The Balaban J connectivity index is 2.30. The van der Waals surface area contributed by atoms with Gasteiger partial charge in [0.1, 0.15) is 5.78 Å². The van der Waals surface area contributed by atoms with Crippen molar-refractivity contribution < 1.29 is 9.90 Å². The highest BCUT2D eigenvalue weighted by molar-refractivity contribution is 5.77. The number of rotatable bonds is 3. The Morgan fingerprint density at radius 3 is 3.00 bits per heavy atom. The predicted molar refractivity (Wildman–Crippen MR) is 46.9 cm³/mol. The number of aliphatic hydroxyl groups excluding tert-OH is 1. The summed E-state index contributed by atoms with van der Waals surface area (Å²) in [6.45, 7) is 4.32. The van der Waals surface area contributed by atoms with Crippen molar-refractivity contribution in [3.63, 3.8) is 0 Å². The molecule has 1 aliphatic rings. The van der Waals surface area contributed by atoms with Crippen molar-refractivity contribution in [3.8, 4) is 0 Å². The molecule has 0 aromatic heterocycles. The summed E-state index contributed by atoms with van der Waals surface area (Å²) in [5.74, 6) is 0.603. The molecule has 1 atom stereocenters. The van der Waals surface area contributed by atoms with E-state index < -0.39 is 0 Å². The number of ketones is 1. The molecule has 70 valence electrons. The fourth-order valence-electron chi connectivity index (χ4n) is 1.76. The molecule has 12 heavy (non-hydrogen) atoms. The summed E-state index contributed by atoms with van der Waals surface area (Å²) in [6.07, 6.45) is 2.21. The predicted octanol–water partition coefficient (Wildman–Crippen LogP) is 0.280. The van der Waals surface area contributed by atoms with Gasteiger partial charge in [0.05, 0.1) is 6.54 Å². The highest BCUT2D eigenvalue weighted by Gasteiger charge is 2.19. The molecule has 3 heteroatoms. The van der Waals surface area contributed by atoms with Crippen LogP contribution in [0.5, 0.6) is 0 Å². The van der Waals surface area contributed by atoms with Crippen LogP contribution in [0.3, 0.4) is 0 Å². The maximum atomic E-state index is 10.8. The molecule has 1 saturated heterocycles. The minimum Gasteiger partial charge on any atom is -0.396 e. The highest BCUT2D eigenvalue weighted by Crippen LogP contribution is 2.14. The van der Waals surface area contributed by atoms with E-state index in [0.717, 1.165) is 25.9 Å². The monoisotopic (exact) mass is 171 g/mol. The maximum absolute atomic E-state index is 10.8. The second-order valence-electron chi connectivity index (χ2n) is 3.63. The summed E-state index contributed by atoms with van der Waals surface area (Å²) in [6, 6.07) is 0. The molecule has 1 rings (SSSR count). The van der Waals surface area contributed by atoms with E-state index in [4.69, 9.17) is 5.11 Å². The van der Waals surface area contributed by atoms with Crippen molar-refractivity contribution in [2.24, 2.45) is 5.92 Å². The Hall–Kier alpha value is -0.410. The third kappa shape index (κ3) is 2.91. The van der Waals surface area contributed by atoms with Gasteiger partial charge in [-0.1, -0.05) is 0 Å². The number of hydrogen-bond acceptors (Lipinski definition) is 3. The summed E-state index contributed by atoms with van der Waals surface area (Å²) < 4.78 is 0. The Bertz CT molecular complexity index is 159. The van der Waals surface area contributed by atoms with Crippen molar-refractivity contribution in [1.82, 2.24) is 4.90 Å². The number of carbonyl (C=O) groups excluding carboxylic acids is 1. The molecular weight excluding hydrogens is 154 g/mol. The van der Waals surface area contributed by atoms with Crippen LogP contribution in [0.25, 0.3) is 0 Å². The van der Waals surface area contributed by atoms with E-state index in [1.54, 1.807) is 6.92 Å². The summed E-state index contributed by atoms with van der Waals surface area (Å²) >= 11 is 0. The van der Waals surface area contributed by atoms with Crippen LogP contribution >= 0.6 is 0 Å². The van der Waals surface area contributed by atoms with Crippen LogP contribution in [-0.2, 0) is 4.79 Å². The molecule has 3 nitrogen and oxygen atoms in total. The fraction of sp³-hybridized carbons (Fsp3) is 0.889. The molecule has 0 spiro atoms. The molecule has 1 aliphatic heterocycles. The highest BCUT2D eigenvalue weighted by atomic mass is 16.3. The zero-order valence-electron chi connectivity index (χ0n) is 7.62. The van der Waals surface area contributed by atoms with Crippen molar-refractivity contribution in [2.75, 3.05) is 26.2 Å². The Kier molecular flexibility index (Phi) is 3.69. The van der Waals surface area contributed by atoms with Gasteiger partial charge in [0.2, 0.25) is 0 Å². The number of piperidine rings is 1. The van der Waals surface area contributed by atoms with Crippen molar-refractivity contribution >= 4 is 5.78 Å². The van der Waals surface area contributed by atoms with Gasteiger partial charge >= 0.3 is 0 Å².